The Morgan fingerprint density at radius 1 is 1.15 bits per heavy atom. The van der Waals surface area contributed by atoms with Crippen molar-refractivity contribution in [2.45, 2.75) is 18.7 Å². The van der Waals surface area contributed by atoms with Crippen molar-refractivity contribution in [1.29, 1.82) is 0 Å². The van der Waals surface area contributed by atoms with Crippen LogP contribution in [0.2, 0.25) is 0 Å². The van der Waals surface area contributed by atoms with Crippen molar-refractivity contribution in [3.8, 4) is 0 Å². The second-order valence-electron chi connectivity index (χ2n) is 6.16. The SMILES string of the molecule is COC(=O)c1ccccc1N1CCN(S(=O)(=O)c2c(C)n[nH]c2C)CC1. The average molecular weight is 378 g/mol. The highest BCUT2D eigenvalue weighted by molar-refractivity contribution is 7.89. The number of carbonyl (C=O) groups excluding carboxylic acids is 1. The van der Waals surface area contributed by atoms with Crippen LogP contribution < -0.4 is 4.90 Å². The van der Waals surface area contributed by atoms with Gasteiger partial charge in [-0.15, -0.1) is 0 Å². The van der Waals surface area contributed by atoms with Crippen LogP contribution in [-0.4, -0.2) is 62.2 Å². The third-order valence-electron chi connectivity index (χ3n) is 4.55. The Morgan fingerprint density at radius 3 is 2.38 bits per heavy atom. The van der Waals surface area contributed by atoms with E-state index in [1.807, 2.05) is 17.0 Å². The lowest BCUT2D eigenvalue weighted by atomic mass is 10.1. The molecule has 0 spiro atoms. The first kappa shape index (κ1) is 18.4. The Bertz CT molecular complexity index is 895. The highest BCUT2D eigenvalue weighted by Crippen LogP contribution is 2.26. The number of methoxy groups -OCH3 is 1. The highest BCUT2D eigenvalue weighted by atomic mass is 32.2. The maximum Gasteiger partial charge on any atom is 0.339 e. The lowest BCUT2D eigenvalue weighted by molar-refractivity contribution is 0.0601. The summed E-state index contributed by atoms with van der Waals surface area (Å²) in [5, 5.41) is 6.71. The minimum absolute atomic E-state index is 0.251. The molecule has 1 N–H and O–H groups in total. The van der Waals surface area contributed by atoms with E-state index in [4.69, 9.17) is 4.74 Å². The summed E-state index contributed by atoms with van der Waals surface area (Å²) in [5.41, 5.74) is 2.25. The molecule has 1 aromatic carbocycles. The number of nitrogens with one attached hydrogen (secondary N) is 1. The van der Waals surface area contributed by atoms with Crippen molar-refractivity contribution in [3.05, 3.63) is 41.2 Å². The topological polar surface area (TPSA) is 95.6 Å². The molecule has 2 heterocycles. The molecule has 0 radical (unpaired) electrons. The maximum absolute atomic E-state index is 12.9. The van der Waals surface area contributed by atoms with Crippen molar-refractivity contribution in [3.63, 3.8) is 0 Å². The van der Waals surface area contributed by atoms with Gasteiger partial charge < -0.3 is 9.64 Å². The number of hydrogen-bond acceptors (Lipinski definition) is 6. The number of para-hydroxylation sites is 1. The number of esters is 1. The Morgan fingerprint density at radius 2 is 1.81 bits per heavy atom. The fourth-order valence-electron chi connectivity index (χ4n) is 3.25. The van der Waals surface area contributed by atoms with Gasteiger partial charge in [-0.25, -0.2) is 13.2 Å². The molecule has 0 amide bonds. The molecule has 1 aliphatic heterocycles. The molecule has 2 aromatic rings. The number of piperazine rings is 1. The standard InChI is InChI=1S/C17H22N4O4S/c1-12-16(13(2)19-18-12)26(23,24)21-10-8-20(9-11-21)15-7-5-4-6-14(15)17(22)25-3/h4-7H,8-11H2,1-3H3,(H,18,19). The zero-order chi connectivity index (χ0) is 18.9. The number of sulfonamides is 1. The van der Waals surface area contributed by atoms with Crippen LogP contribution in [-0.2, 0) is 14.8 Å². The summed E-state index contributed by atoms with van der Waals surface area (Å²) in [5.74, 6) is -0.403. The number of benzene rings is 1. The van der Waals surface area contributed by atoms with Gasteiger partial charge in [-0.3, -0.25) is 5.10 Å². The fraction of sp³-hybridized carbons (Fsp3) is 0.412. The molecule has 140 valence electrons. The number of anilines is 1. The van der Waals surface area contributed by atoms with Gasteiger partial charge in [0, 0.05) is 26.2 Å². The van der Waals surface area contributed by atoms with Crippen LogP contribution >= 0.6 is 0 Å². The molecule has 3 rings (SSSR count). The largest absolute Gasteiger partial charge is 0.465 e. The van der Waals surface area contributed by atoms with Crippen LogP contribution in [0.15, 0.2) is 29.2 Å². The first-order valence-electron chi connectivity index (χ1n) is 8.30. The summed E-state index contributed by atoms with van der Waals surface area (Å²) in [6.45, 7) is 5.03. The third kappa shape index (κ3) is 3.19. The highest BCUT2D eigenvalue weighted by Gasteiger charge is 2.33. The van der Waals surface area contributed by atoms with Gasteiger partial charge in [0.15, 0.2) is 0 Å². The van der Waals surface area contributed by atoms with Gasteiger partial charge in [-0.1, -0.05) is 12.1 Å². The molecular weight excluding hydrogens is 356 g/mol. The lowest BCUT2D eigenvalue weighted by Gasteiger charge is -2.36. The molecule has 0 unspecified atom stereocenters. The third-order valence-corrected chi connectivity index (χ3v) is 6.71. The minimum Gasteiger partial charge on any atom is -0.465 e. The molecule has 1 saturated heterocycles. The molecule has 0 aliphatic carbocycles. The molecule has 0 saturated carbocycles. The van der Waals surface area contributed by atoms with Gasteiger partial charge in [-0.05, 0) is 26.0 Å². The average Bonchev–Trinajstić information content (AvgIpc) is 3.00. The van der Waals surface area contributed by atoms with E-state index in [1.54, 1.807) is 26.0 Å². The van der Waals surface area contributed by atoms with Gasteiger partial charge in [-0.2, -0.15) is 9.40 Å². The van der Waals surface area contributed by atoms with Crippen LogP contribution in [0.25, 0.3) is 0 Å². The second kappa shape index (κ2) is 7.08. The van der Waals surface area contributed by atoms with E-state index in [1.165, 1.54) is 11.4 Å². The second-order valence-corrected chi connectivity index (χ2v) is 8.04. The van der Waals surface area contributed by atoms with Crippen LogP contribution in [0.4, 0.5) is 5.69 Å². The quantitative estimate of drug-likeness (QED) is 0.807. The van der Waals surface area contributed by atoms with Gasteiger partial charge >= 0.3 is 5.97 Å². The van der Waals surface area contributed by atoms with Crippen molar-refractivity contribution in [2.24, 2.45) is 0 Å². The van der Waals surface area contributed by atoms with E-state index in [2.05, 4.69) is 10.2 Å². The molecule has 26 heavy (non-hydrogen) atoms. The number of H-pyrrole nitrogens is 1. The Labute approximate surface area is 152 Å². The first-order valence-corrected chi connectivity index (χ1v) is 9.74. The molecule has 1 aromatic heterocycles. The van der Waals surface area contributed by atoms with Crippen molar-refractivity contribution in [2.75, 3.05) is 38.2 Å². The van der Waals surface area contributed by atoms with Crippen molar-refractivity contribution >= 4 is 21.7 Å². The van der Waals surface area contributed by atoms with E-state index in [-0.39, 0.29) is 4.90 Å². The number of rotatable bonds is 4. The molecule has 1 fully saturated rings. The normalized spacial score (nSPS) is 15.9. The van der Waals surface area contributed by atoms with Gasteiger partial charge in [0.05, 0.1) is 29.7 Å². The molecular formula is C17H22N4O4S. The number of nitrogens with zero attached hydrogens (tertiary/aromatic N) is 3. The minimum atomic E-state index is -3.60. The number of ether oxygens (including phenoxy) is 1. The first-order chi connectivity index (χ1) is 12.4. The van der Waals surface area contributed by atoms with Crippen molar-refractivity contribution < 1.29 is 17.9 Å². The lowest BCUT2D eigenvalue weighted by Crippen LogP contribution is -2.49. The van der Waals surface area contributed by atoms with E-state index in [9.17, 15) is 13.2 Å². The van der Waals surface area contributed by atoms with Crippen LogP contribution in [0, 0.1) is 13.8 Å². The zero-order valence-electron chi connectivity index (χ0n) is 15.0. The maximum atomic E-state index is 12.9. The molecule has 0 atom stereocenters. The van der Waals surface area contributed by atoms with E-state index in [0.29, 0.717) is 43.1 Å². The van der Waals surface area contributed by atoms with Gasteiger partial charge in [0.2, 0.25) is 10.0 Å². The summed E-state index contributed by atoms with van der Waals surface area (Å²) in [7, 11) is -2.25. The smallest absolute Gasteiger partial charge is 0.339 e. The van der Waals surface area contributed by atoms with E-state index < -0.39 is 16.0 Å². The Kier molecular flexibility index (Phi) is 5.01. The molecule has 8 nitrogen and oxygen atoms in total. The molecule has 9 heteroatoms. The predicted octanol–water partition coefficient (Wildman–Crippen LogP) is 1.32. The molecule has 0 bridgehead atoms. The Hall–Kier alpha value is -2.39. The van der Waals surface area contributed by atoms with E-state index >= 15 is 0 Å². The van der Waals surface area contributed by atoms with Crippen LogP contribution in [0.1, 0.15) is 21.7 Å². The summed E-state index contributed by atoms with van der Waals surface area (Å²) in [6.07, 6.45) is 0. The summed E-state index contributed by atoms with van der Waals surface area (Å²) in [6, 6.07) is 7.19. The number of carbonyl (C=O) groups is 1. The predicted molar refractivity (Wildman–Crippen MR) is 96.8 cm³/mol. The van der Waals surface area contributed by atoms with Crippen LogP contribution in [0.3, 0.4) is 0 Å². The van der Waals surface area contributed by atoms with E-state index in [0.717, 1.165) is 5.69 Å². The zero-order valence-corrected chi connectivity index (χ0v) is 15.8. The fourth-order valence-corrected chi connectivity index (χ4v) is 5.00. The van der Waals surface area contributed by atoms with Gasteiger partial charge in [0.25, 0.3) is 0 Å². The van der Waals surface area contributed by atoms with Crippen molar-refractivity contribution in [1.82, 2.24) is 14.5 Å². The number of hydrogen-bond donors (Lipinski definition) is 1. The monoisotopic (exact) mass is 378 g/mol. The van der Waals surface area contributed by atoms with Gasteiger partial charge in [0.1, 0.15) is 4.90 Å². The summed E-state index contributed by atoms with van der Waals surface area (Å²) >= 11 is 0. The Balaban J connectivity index is 1.79. The number of aryl methyl sites for hydroxylation is 2. The summed E-state index contributed by atoms with van der Waals surface area (Å²) in [4.78, 5) is 14.2. The molecule has 1 aliphatic rings. The number of aromatic amines is 1. The van der Waals surface area contributed by atoms with Crippen LogP contribution in [0.5, 0.6) is 0 Å². The summed E-state index contributed by atoms with van der Waals surface area (Å²) < 4.78 is 32.2. The number of aromatic nitrogens is 2.